The van der Waals surface area contributed by atoms with Crippen LogP contribution in [0.1, 0.15) is 15.9 Å². The van der Waals surface area contributed by atoms with Crippen molar-refractivity contribution in [3.63, 3.8) is 0 Å². The molecule has 0 spiro atoms. The molecule has 0 saturated carbocycles. The molecule has 32 heavy (non-hydrogen) atoms. The van der Waals surface area contributed by atoms with Crippen molar-refractivity contribution >= 4 is 28.1 Å². The third kappa shape index (κ3) is 4.35. The SMILES string of the molecule is COc1ccccc1C(=O)Nc1nc(-c2ccc([N+](=O)[O-])cc2)c(-c2ccc(C)cc2)s1. The topological polar surface area (TPSA) is 94.4 Å². The van der Waals surface area contributed by atoms with Crippen molar-refractivity contribution in [3.05, 3.63) is 94.0 Å². The fourth-order valence-corrected chi connectivity index (χ4v) is 4.20. The average Bonchev–Trinajstić information content (AvgIpc) is 3.23. The Morgan fingerprint density at radius 3 is 2.31 bits per heavy atom. The summed E-state index contributed by atoms with van der Waals surface area (Å²) in [6.07, 6.45) is 0. The molecule has 1 heterocycles. The number of amides is 1. The molecule has 4 aromatic rings. The number of para-hydroxylation sites is 1. The van der Waals surface area contributed by atoms with Gasteiger partial charge >= 0.3 is 0 Å². The van der Waals surface area contributed by atoms with Crippen molar-refractivity contribution in [1.29, 1.82) is 0 Å². The normalized spacial score (nSPS) is 10.6. The van der Waals surface area contributed by atoms with Crippen LogP contribution in [0.5, 0.6) is 5.75 Å². The van der Waals surface area contributed by atoms with E-state index in [1.165, 1.54) is 30.6 Å². The van der Waals surface area contributed by atoms with Gasteiger partial charge < -0.3 is 4.74 Å². The van der Waals surface area contributed by atoms with Crippen LogP contribution in [0.15, 0.2) is 72.8 Å². The average molecular weight is 446 g/mol. The summed E-state index contributed by atoms with van der Waals surface area (Å²) in [5.41, 5.74) is 3.84. The summed E-state index contributed by atoms with van der Waals surface area (Å²) in [5, 5.41) is 14.3. The molecule has 1 amide bonds. The van der Waals surface area contributed by atoms with Gasteiger partial charge in [0.25, 0.3) is 11.6 Å². The maximum atomic E-state index is 12.9. The molecule has 0 aliphatic rings. The van der Waals surface area contributed by atoms with Gasteiger partial charge in [-0.25, -0.2) is 4.98 Å². The number of ether oxygens (including phenoxy) is 1. The summed E-state index contributed by atoms with van der Waals surface area (Å²) >= 11 is 1.34. The zero-order valence-corrected chi connectivity index (χ0v) is 18.2. The van der Waals surface area contributed by atoms with Gasteiger partial charge in [0, 0.05) is 17.7 Å². The molecule has 1 N–H and O–H groups in total. The third-order valence-electron chi connectivity index (χ3n) is 4.86. The van der Waals surface area contributed by atoms with Crippen molar-refractivity contribution in [1.82, 2.24) is 4.98 Å². The van der Waals surface area contributed by atoms with E-state index in [0.29, 0.717) is 22.1 Å². The first kappa shape index (κ1) is 21.2. The predicted molar refractivity (Wildman–Crippen MR) is 125 cm³/mol. The molecule has 1 aromatic heterocycles. The largest absolute Gasteiger partial charge is 0.496 e. The molecular weight excluding hydrogens is 426 g/mol. The smallest absolute Gasteiger partial charge is 0.269 e. The Morgan fingerprint density at radius 1 is 1.00 bits per heavy atom. The minimum Gasteiger partial charge on any atom is -0.496 e. The second-order valence-corrected chi connectivity index (χ2v) is 8.02. The van der Waals surface area contributed by atoms with Gasteiger partial charge in [-0.05, 0) is 36.8 Å². The van der Waals surface area contributed by atoms with Gasteiger partial charge in [-0.3, -0.25) is 20.2 Å². The second kappa shape index (κ2) is 8.99. The number of rotatable bonds is 6. The minimum atomic E-state index is -0.440. The molecule has 0 unspecified atom stereocenters. The van der Waals surface area contributed by atoms with Crippen LogP contribution >= 0.6 is 11.3 Å². The van der Waals surface area contributed by atoms with Crippen LogP contribution in [-0.4, -0.2) is 22.9 Å². The molecule has 0 saturated heterocycles. The number of aryl methyl sites for hydroxylation is 1. The van der Waals surface area contributed by atoms with E-state index >= 15 is 0 Å². The lowest BCUT2D eigenvalue weighted by molar-refractivity contribution is -0.384. The fraction of sp³-hybridized carbons (Fsp3) is 0.0833. The van der Waals surface area contributed by atoms with Crippen LogP contribution in [0.25, 0.3) is 21.7 Å². The molecule has 8 heteroatoms. The van der Waals surface area contributed by atoms with Crippen LogP contribution < -0.4 is 10.1 Å². The van der Waals surface area contributed by atoms with Crippen molar-refractivity contribution in [2.24, 2.45) is 0 Å². The van der Waals surface area contributed by atoms with Crippen molar-refractivity contribution < 1.29 is 14.5 Å². The van der Waals surface area contributed by atoms with Gasteiger partial charge in [0.15, 0.2) is 5.13 Å². The molecule has 0 bridgehead atoms. The number of nitrogens with one attached hydrogen (secondary N) is 1. The summed E-state index contributed by atoms with van der Waals surface area (Å²) in [7, 11) is 1.51. The summed E-state index contributed by atoms with van der Waals surface area (Å²) in [6, 6.07) is 21.2. The number of methoxy groups -OCH3 is 1. The van der Waals surface area contributed by atoms with Crippen LogP contribution in [0.4, 0.5) is 10.8 Å². The summed E-state index contributed by atoms with van der Waals surface area (Å²) in [6.45, 7) is 2.01. The number of hydrogen-bond acceptors (Lipinski definition) is 6. The van der Waals surface area contributed by atoms with Crippen molar-refractivity contribution in [2.45, 2.75) is 6.92 Å². The zero-order chi connectivity index (χ0) is 22.7. The predicted octanol–water partition coefficient (Wildman–Crippen LogP) is 5.95. The highest BCUT2D eigenvalue weighted by atomic mass is 32.1. The highest BCUT2D eigenvalue weighted by molar-refractivity contribution is 7.19. The number of carbonyl (C=O) groups excluding carboxylic acids is 1. The number of non-ortho nitro benzene ring substituents is 1. The van der Waals surface area contributed by atoms with E-state index in [-0.39, 0.29) is 11.6 Å². The standard InChI is InChI=1S/C24H19N3O4S/c1-15-7-9-17(10-8-15)22-21(16-11-13-18(14-12-16)27(29)30)25-24(32-22)26-23(28)19-5-3-4-6-20(19)31-2/h3-14H,1-2H3,(H,25,26,28). The Hall–Kier alpha value is -4.04. The van der Waals surface area contributed by atoms with E-state index in [9.17, 15) is 14.9 Å². The highest BCUT2D eigenvalue weighted by Crippen LogP contribution is 2.39. The second-order valence-electron chi connectivity index (χ2n) is 7.02. The van der Waals surface area contributed by atoms with Gasteiger partial charge in [-0.2, -0.15) is 0 Å². The number of anilines is 1. The molecule has 3 aromatic carbocycles. The Morgan fingerprint density at radius 2 is 1.66 bits per heavy atom. The van der Waals surface area contributed by atoms with Crippen LogP contribution in [0, 0.1) is 17.0 Å². The van der Waals surface area contributed by atoms with Gasteiger partial charge in [-0.1, -0.05) is 53.3 Å². The number of aromatic nitrogens is 1. The van der Waals surface area contributed by atoms with Gasteiger partial charge in [0.2, 0.25) is 0 Å². The number of thiazole rings is 1. The van der Waals surface area contributed by atoms with E-state index in [1.807, 2.05) is 31.2 Å². The number of carbonyl (C=O) groups is 1. The Bertz CT molecular complexity index is 1280. The lowest BCUT2D eigenvalue weighted by Gasteiger charge is -2.07. The molecule has 0 aliphatic heterocycles. The monoisotopic (exact) mass is 445 g/mol. The Balaban J connectivity index is 1.74. The molecule has 160 valence electrons. The Kier molecular flexibility index (Phi) is 5.96. The molecule has 7 nitrogen and oxygen atoms in total. The summed E-state index contributed by atoms with van der Waals surface area (Å²) < 4.78 is 5.28. The van der Waals surface area contributed by atoms with E-state index in [2.05, 4.69) is 10.3 Å². The van der Waals surface area contributed by atoms with Gasteiger partial charge in [0.1, 0.15) is 5.75 Å². The molecule has 0 atom stereocenters. The molecule has 4 rings (SSSR count). The lowest BCUT2D eigenvalue weighted by atomic mass is 10.1. The zero-order valence-electron chi connectivity index (χ0n) is 17.4. The number of benzene rings is 3. The quantitative estimate of drug-likeness (QED) is 0.292. The minimum absolute atomic E-state index is 0.00515. The van der Waals surface area contributed by atoms with Crippen LogP contribution in [-0.2, 0) is 0 Å². The summed E-state index contributed by atoms with van der Waals surface area (Å²) in [5.74, 6) is 0.137. The first-order valence-corrected chi connectivity index (χ1v) is 10.5. The van der Waals surface area contributed by atoms with Gasteiger partial charge in [-0.15, -0.1) is 0 Å². The first-order chi connectivity index (χ1) is 15.5. The number of hydrogen-bond donors (Lipinski definition) is 1. The summed E-state index contributed by atoms with van der Waals surface area (Å²) in [4.78, 5) is 28.9. The number of nitrogens with zero attached hydrogens (tertiary/aromatic N) is 2. The van der Waals surface area contributed by atoms with Crippen molar-refractivity contribution in [2.75, 3.05) is 12.4 Å². The first-order valence-electron chi connectivity index (χ1n) is 9.73. The maximum absolute atomic E-state index is 12.9. The van der Waals surface area contributed by atoms with E-state index in [1.54, 1.807) is 36.4 Å². The third-order valence-corrected chi connectivity index (χ3v) is 5.88. The van der Waals surface area contributed by atoms with Crippen LogP contribution in [0.3, 0.4) is 0 Å². The van der Waals surface area contributed by atoms with E-state index in [4.69, 9.17) is 4.74 Å². The molecule has 0 aliphatic carbocycles. The van der Waals surface area contributed by atoms with Gasteiger partial charge in [0.05, 0.1) is 28.2 Å². The van der Waals surface area contributed by atoms with E-state index < -0.39 is 4.92 Å². The number of nitro groups is 1. The fourth-order valence-electron chi connectivity index (χ4n) is 3.21. The number of nitro benzene ring substituents is 1. The maximum Gasteiger partial charge on any atom is 0.269 e. The molecular formula is C24H19N3O4S. The lowest BCUT2D eigenvalue weighted by Crippen LogP contribution is -2.12. The molecule has 0 radical (unpaired) electrons. The highest BCUT2D eigenvalue weighted by Gasteiger charge is 2.19. The Labute approximate surface area is 188 Å². The molecule has 0 fully saturated rings. The van der Waals surface area contributed by atoms with Crippen molar-refractivity contribution in [3.8, 4) is 27.4 Å². The van der Waals surface area contributed by atoms with Crippen LogP contribution in [0.2, 0.25) is 0 Å². The van der Waals surface area contributed by atoms with E-state index in [0.717, 1.165) is 21.6 Å².